The van der Waals surface area contributed by atoms with Gasteiger partial charge in [0, 0.05) is 9.85 Å². The van der Waals surface area contributed by atoms with Crippen LogP contribution in [0.4, 0.5) is 0 Å². The minimum absolute atomic E-state index is 0.674. The summed E-state index contributed by atoms with van der Waals surface area (Å²) in [5.74, 6) is 0.674. The first-order chi connectivity index (χ1) is 5.75. The van der Waals surface area contributed by atoms with Crippen LogP contribution in [-0.2, 0) is 7.05 Å². The SMILES string of the molecule is Cn1nnc(-c2cc(Br)cs2)n1. The van der Waals surface area contributed by atoms with Crippen molar-refractivity contribution in [1.82, 2.24) is 20.2 Å². The standard InChI is InChI=1S/C6H5BrN4S/c1-11-9-6(8-10-11)5-2-4(7)3-12-5/h2-3H,1H3. The molecule has 2 heterocycles. The Labute approximate surface area is 81.3 Å². The van der Waals surface area contributed by atoms with E-state index >= 15 is 0 Å². The zero-order chi connectivity index (χ0) is 8.55. The molecule has 0 radical (unpaired) electrons. The summed E-state index contributed by atoms with van der Waals surface area (Å²) in [6.45, 7) is 0. The van der Waals surface area contributed by atoms with Gasteiger partial charge in [-0.1, -0.05) is 0 Å². The third-order valence-corrected chi connectivity index (χ3v) is 2.98. The van der Waals surface area contributed by atoms with E-state index < -0.39 is 0 Å². The van der Waals surface area contributed by atoms with Crippen LogP contribution < -0.4 is 0 Å². The summed E-state index contributed by atoms with van der Waals surface area (Å²) in [7, 11) is 1.75. The van der Waals surface area contributed by atoms with E-state index in [1.165, 1.54) is 4.80 Å². The molecule has 2 rings (SSSR count). The summed E-state index contributed by atoms with van der Waals surface area (Å²) in [4.78, 5) is 2.47. The number of thiophene rings is 1. The summed E-state index contributed by atoms with van der Waals surface area (Å²) in [5, 5.41) is 13.7. The number of tetrazole rings is 1. The predicted molar refractivity (Wildman–Crippen MR) is 49.8 cm³/mol. The molecular formula is C6H5BrN4S. The zero-order valence-electron chi connectivity index (χ0n) is 6.23. The molecule has 0 saturated carbocycles. The minimum atomic E-state index is 0.674. The molecular weight excluding hydrogens is 240 g/mol. The molecule has 2 aromatic rings. The van der Waals surface area contributed by atoms with E-state index in [-0.39, 0.29) is 0 Å². The predicted octanol–water partition coefficient (Wildman–Crippen LogP) is 1.70. The van der Waals surface area contributed by atoms with Crippen LogP contribution in [-0.4, -0.2) is 20.2 Å². The smallest absolute Gasteiger partial charge is 0.167 e. The van der Waals surface area contributed by atoms with Gasteiger partial charge >= 0.3 is 0 Å². The van der Waals surface area contributed by atoms with Gasteiger partial charge in [0.1, 0.15) is 0 Å². The van der Waals surface area contributed by atoms with Crippen molar-refractivity contribution in [3.05, 3.63) is 15.9 Å². The second-order valence-corrected chi connectivity index (χ2v) is 4.06. The van der Waals surface area contributed by atoms with Crippen molar-refractivity contribution in [2.24, 2.45) is 7.05 Å². The molecule has 0 bridgehead atoms. The van der Waals surface area contributed by atoms with Gasteiger partial charge in [-0.2, -0.15) is 4.80 Å². The second kappa shape index (κ2) is 2.95. The van der Waals surface area contributed by atoms with Crippen molar-refractivity contribution < 1.29 is 0 Å². The molecule has 0 unspecified atom stereocenters. The minimum Gasteiger partial charge on any atom is -0.167 e. The van der Waals surface area contributed by atoms with Crippen molar-refractivity contribution in [3.8, 4) is 10.7 Å². The Bertz CT molecular complexity index is 355. The first kappa shape index (κ1) is 7.88. The lowest BCUT2D eigenvalue weighted by Gasteiger charge is -1.82. The number of nitrogens with zero attached hydrogens (tertiary/aromatic N) is 4. The number of aryl methyl sites for hydroxylation is 1. The molecule has 12 heavy (non-hydrogen) atoms. The van der Waals surface area contributed by atoms with Crippen molar-refractivity contribution in [3.63, 3.8) is 0 Å². The summed E-state index contributed by atoms with van der Waals surface area (Å²) in [5.41, 5.74) is 0. The Morgan fingerprint density at radius 1 is 1.58 bits per heavy atom. The van der Waals surface area contributed by atoms with Gasteiger partial charge in [0.2, 0.25) is 5.82 Å². The molecule has 0 N–H and O–H groups in total. The highest BCUT2D eigenvalue weighted by molar-refractivity contribution is 9.10. The number of hydrogen-bond donors (Lipinski definition) is 0. The molecule has 0 saturated heterocycles. The Morgan fingerprint density at radius 3 is 2.92 bits per heavy atom. The number of halogens is 1. The quantitative estimate of drug-likeness (QED) is 0.768. The van der Waals surface area contributed by atoms with Gasteiger partial charge in [-0.05, 0) is 27.2 Å². The molecule has 0 aliphatic heterocycles. The summed E-state index contributed by atoms with van der Waals surface area (Å²) in [6, 6.07) is 1.97. The zero-order valence-corrected chi connectivity index (χ0v) is 8.63. The lowest BCUT2D eigenvalue weighted by molar-refractivity contribution is 0.630. The fourth-order valence-electron chi connectivity index (χ4n) is 0.813. The summed E-state index contributed by atoms with van der Waals surface area (Å²) < 4.78 is 1.05. The highest BCUT2D eigenvalue weighted by atomic mass is 79.9. The van der Waals surface area contributed by atoms with Gasteiger partial charge in [-0.15, -0.1) is 21.5 Å². The third-order valence-electron chi connectivity index (χ3n) is 1.30. The van der Waals surface area contributed by atoms with Crippen LogP contribution in [0.15, 0.2) is 15.9 Å². The monoisotopic (exact) mass is 244 g/mol. The van der Waals surface area contributed by atoms with Gasteiger partial charge in [0.05, 0.1) is 11.9 Å². The molecule has 2 aromatic heterocycles. The maximum Gasteiger partial charge on any atom is 0.214 e. The Kier molecular flexibility index (Phi) is 1.93. The van der Waals surface area contributed by atoms with Crippen LogP contribution in [0.2, 0.25) is 0 Å². The van der Waals surface area contributed by atoms with E-state index in [2.05, 4.69) is 31.3 Å². The Balaban J connectivity index is 2.43. The van der Waals surface area contributed by atoms with Crippen LogP contribution in [0.25, 0.3) is 10.7 Å². The molecule has 0 aliphatic rings. The van der Waals surface area contributed by atoms with Crippen molar-refractivity contribution in [2.45, 2.75) is 0 Å². The van der Waals surface area contributed by atoms with Crippen LogP contribution in [0.5, 0.6) is 0 Å². The second-order valence-electron chi connectivity index (χ2n) is 2.23. The fraction of sp³-hybridized carbons (Fsp3) is 0.167. The van der Waals surface area contributed by atoms with Gasteiger partial charge in [-0.3, -0.25) is 0 Å². The van der Waals surface area contributed by atoms with Crippen molar-refractivity contribution in [2.75, 3.05) is 0 Å². The highest BCUT2D eigenvalue weighted by Gasteiger charge is 2.05. The van der Waals surface area contributed by atoms with Gasteiger partial charge in [-0.25, -0.2) is 0 Å². The maximum absolute atomic E-state index is 4.08. The fourth-order valence-corrected chi connectivity index (χ4v) is 2.16. The normalized spacial score (nSPS) is 10.5. The molecule has 4 nitrogen and oxygen atoms in total. The molecule has 0 atom stereocenters. The maximum atomic E-state index is 4.08. The number of aromatic nitrogens is 4. The van der Waals surface area contributed by atoms with Gasteiger partial charge < -0.3 is 0 Å². The molecule has 62 valence electrons. The van der Waals surface area contributed by atoms with E-state index in [1.54, 1.807) is 18.4 Å². The molecule has 0 fully saturated rings. The van der Waals surface area contributed by atoms with E-state index in [9.17, 15) is 0 Å². The molecule has 0 aliphatic carbocycles. The van der Waals surface area contributed by atoms with E-state index in [4.69, 9.17) is 0 Å². The van der Waals surface area contributed by atoms with Crippen LogP contribution >= 0.6 is 27.3 Å². The highest BCUT2D eigenvalue weighted by Crippen LogP contribution is 2.26. The average Bonchev–Trinajstić information content (AvgIpc) is 2.58. The molecule has 0 aromatic carbocycles. The van der Waals surface area contributed by atoms with Crippen LogP contribution in [0, 0.1) is 0 Å². The lowest BCUT2D eigenvalue weighted by Crippen LogP contribution is -1.91. The lowest BCUT2D eigenvalue weighted by atomic mass is 10.5. The summed E-state index contributed by atoms with van der Waals surface area (Å²) >= 11 is 4.95. The van der Waals surface area contributed by atoms with Crippen molar-refractivity contribution in [1.29, 1.82) is 0 Å². The molecule has 0 spiro atoms. The average molecular weight is 245 g/mol. The Morgan fingerprint density at radius 2 is 2.42 bits per heavy atom. The number of rotatable bonds is 1. The van der Waals surface area contributed by atoms with Gasteiger partial charge in [0.25, 0.3) is 0 Å². The van der Waals surface area contributed by atoms with Crippen molar-refractivity contribution >= 4 is 27.3 Å². The van der Waals surface area contributed by atoms with E-state index in [0.717, 1.165) is 9.35 Å². The van der Waals surface area contributed by atoms with Crippen LogP contribution in [0.3, 0.4) is 0 Å². The first-order valence-corrected chi connectivity index (χ1v) is 4.91. The first-order valence-electron chi connectivity index (χ1n) is 3.24. The van der Waals surface area contributed by atoms with E-state index in [0.29, 0.717) is 5.82 Å². The topological polar surface area (TPSA) is 43.6 Å². The largest absolute Gasteiger partial charge is 0.214 e. The number of hydrogen-bond acceptors (Lipinski definition) is 4. The molecule has 6 heteroatoms. The van der Waals surface area contributed by atoms with Gasteiger partial charge in [0.15, 0.2) is 0 Å². The van der Waals surface area contributed by atoms with E-state index in [1.807, 2.05) is 11.4 Å². The van der Waals surface area contributed by atoms with Crippen LogP contribution in [0.1, 0.15) is 0 Å². The Hall–Kier alpha value is -0.750. The molecule has 0 amide bonds. The third kappa shape index (κ3) is 1.39. The summed E-state index contributed by atoms with van der Waals surface area (Å²) in [6.07, 6.45) is 0.